The minimum atomic E-state index is -3.85. The van der Waals surface area contributed by atoms with E-state index in [4.69, 9.17) is 5.21 Å². The van der Waals surface area contributed by atoms with Crippen LogP contribution in [0.15, 0.2) is 59.0 Å². The normalized spacial score (nSPS) is 13.8. The van der Waals surface area contributed by atoms with Gasteiger partial charge < -0.3 is 10.0 Å². The molecule has 0 radical (unpaired) electrons. The van der Waals surface area contributed by atoms with E-state index in [0.29, 0.717) is 29.9 Å². The highest BCUT2D eigenvalue weighted by Gasteiger charge is 2.24. The number of amides is 2. The average molecular weight is 445 g/mol. The maximum absolute atomic E-state index is 12.5. The number of phenols is 1. The van der Waals surface area contributed by atoms with Crippen LogP contribution in [0.1, 0.15) is 24.0 Å². The Morgan fingerprint density at radius 1 is 1.16 bits per heavy atom. The molecule has 164 valence electrons. The van der Waals surface area contributed by atoms with Crippen LogP contribution in [0.5, 0.6) is 5.75 Å². The Labute approximate surface area is 180 Å². The van der Waals surface area contributed by atoms with Crippen molar-refractivity contribution in [2.24, 2.45) is 0 Å². The van der Waals surface area contributed by atoms with Crippen molar-refractivity contribution in [1.82, 2.24) is 10.4 Å². The molecule has 9 nitrogen and oxygen atoms in total. The molecule has 0 fully saturated rings. The second kappa shape index (κ2) is 9.19. The van der Waals surface area contributed by atoms with Crippen LogP contribution in [0.25, 0.3) is 0 Å². The van der Waals surface area contributed by atoms with Crippen molar-refractivity contribution >= 4 is 27.5 Å². The lowest BCUT2D eigenvalue weighted by molar-refractivity contribution is -0.129. The van der Waals surface area contributed by atoms with Crippen LogP contribution in [0.2, 0.25) is 0 Å². The van der Waals surface area contributed by atoms with E-state index in [0.717, 1.165) is 5.56 Å². The molecule has 3 rings (SSSR count). The van der Waals surface area contributed by atoms with Gasteiger partial charge in [0, 0.05) is 36.8 Å². The predicted molar refractivity (Wildman–Crippen MR) is 113 cm³/mol. The topological polar surface area (TPSA) is 136 Å². The zero-order valence-electron chi connectivity index (χ0n) is 16.8. The van der Waals surface area contributed by atoms with Gasteiger partial charge in [0.25, 0.3) is 10.0 Å². The van der Waals surface area contributed by atoms with E-state index in [1.165, 1.54) is 23.7 Å². The van der Waals surface area contributed by atoms with Crippen LogP contribution < -0.4 is 10.2 Å². The number of sulfonamides is 1. The molecule has 0 bridgehead atoms. The van der Waals surface area contributed by atoms with Gasteiger partial charge in [-0.1, -0.05) is 24.3 Å². The third-order valence-electron chi connectivity index (χ3n) is 4.94. The van der Waals surface area contributed by atoms with E-state index in [9.17, 15) is 23.1 Å². The molecule has 0 saturated carbocycles. The zero-order chi connectivity index (χ0) is 22.6. The molecular weight excluding hydrogens is 422 g/mol. The number of nitrogens with zero attached hydrogens (tertiary/aromatic N) is 1. The predicted octanol–water partition coefficient (Wildman–Crippen LogP) is 2.06. The molecule has 0 aliphatic carbocycles. The highest BCUT2D eigenvalue weighted by atomic mass is 32.2. The molecule has 1 heterocycles. The van der Waals surface area contributed by atoms with Crippen molar-refractivity contribution in [3.05, 3.63) is 65.2 Å². The quantitative estimate of drug-likeness (QED) is 0.363. The van der Waals surface area contributed by atoms with Crippen molar-refractivity contribution in [3.8, 4) is 5.75 Å². The summed E-state index contributed by atoms with van der Waals surface area (Å²) in [6.45, 7) is 2.43. The van der Waals surface area contributed by atoms with Crippen molar-refractivity contribution in [2.75, 3.05) is 11.3 Å². The average Bonchev–Trinajstić information content (AvgIpc) is 3.08. The number of hydroxylamine groups is 1. The summed E-state index contributed by atoms with van der Waals surface area (Å²) < 4.78 is 27.5. The minimum Gasteiger partial charge on any atom is -0.508 e. The number of hydrogen-bond donors (Lipinski definition) is 4. The minimum absolute atomic E-state index is 0.0233. The van der Waals surface area contributed by atoms with Crippen LogP contribution in [0, 0.1) is 6.92 Å². The molecule has 4 N–H and O–H groups in total. The molecule has 10 heteroatoms. The van der Waals surface area contributed by atoms with Gasteiger partial charge in [0.15, 0.2) is 0 Å². The Kier molecular flexibility index (Phi) is 6.62. The third-order valence-corrected chi connectivity index (χ3v) is 6.32. The molecule has 2 aromatic rings. The Morgan fingerprint density at radius 3 is 2.52 bits per heavy atom. The number of anilines is 1. The first-order chi connectivity index (χ1) is 14.7. The molecule has 1 aliphatic heterocycles. The first kappa shape index (κ1) is 22.3. The zero-order valence-corrected chi connectivity index (χ0v) is 17.6. The summed E-state index contributed by atoms with van der Waals surface area (Å²) in [5.41, 5.74) is 3.80. The molecular formula is C21H23N3O6S. The van der Waals surface area contributed by atoms with E-state index in [2.05, 4.69) is 4.72 Å². The number of carbonyl (C=O) groups excluding carboxylic acids is 2. The Hall–Kier alpha value is -3.37. The maximum atomic E-state index is 12.5. The first-order valence-electron chi connectivity index (χ1n) is 9.52. The highest BCUT2D eigenvalue weighted by molar-refractivity contribution is 7.92. The largest absolute Gasteiger partial charge is 0.508 e. The number of benzene rings is 2. The fourth-order valence-corrected chi connectivity index (χ4v) is 4.19. The summed E-state index contributed by atoms with van der Waals surface area (Å²) in [5.74, 6) is -0.820. The van der Waals surface area contributed by atoms with Gasteiger partial charge in [0.2, 0.25) is 11.8 Å². The fraction of sp³-hybridized carbons (Fsp3) is 0.238. The second-order valence-corrected chi connectivity index (χ2v) is 8.88. The number of aryl methyl sites for hydroxylation is 1. The molecule has 0 saturated heterocycles. The summed E-state index contributed by atoms with van der Waals surface area (Å²) >= 11 is 0. The van der Waals surface area contributed by atoms with Crippen LogP contribution in [0.4, 0.5) is 5.69 Å². The molecule has 2 aromatic carbocycles. The fourth-order valence-electron chi connectivity index (χ4n) is 3.11. The van der Waals surface area contributed by atoms with Crippen molar-refractivity contribution in [3.63, 3.8) is 0 Å². The smallest absolute Gasteiger partial charge is 0.262 e. The number of carbonyl (C=O) groups is 2. The van der Waals surface area contributed by atoms with E-state index in [1.807, 2.05) is 0 Å². The van der Waals surface area contributed by atoms with Gasteiger partial charge >= 0.3 is 0 Å². The molecule has 1 aliphatic rings. The van der Waals surface area contributed by atoms with Crippen molar-refractivity contribution < 1.29 is 28.3 Å². The number of nitrogens with one attached hydrogen (secondary N) is 2. The summed E-state index contributed by atoms with van der Waals surface area (Å²) in [5, 5.41) is 18.3. The number of hydrogen-bond acceptors (Lipinski definition) is 6. The molecule has 0 unspecified atom stereocenters. The lowest BCUT2D eigenvalue weighted by Crippen LogP contribution is -2.27. The molecule has 0 aromatic heterocycles. The van der Waals surface area contributed by atoms with Gasteiger partial charge in [-0.25, -0.2) is 13.9 Å². The van der Waals surface area contributed by atoms with Crippen LogP contribution in [-0.2, 0) is 26.2 Å². The lowest BCUT2D eigenvalue weighted by atomic mass is 10.1. The SMILES string of the molecule is Cc1ccc(S(=O)(=O)Nc2ccc(CN3CC=C(CCC(=O)NO)C3=O)cc2)cc1O. The summed E-state index contributed by atoms with van der Waals surface area (Å²) in [6.07, 6.45) is 2.03. The Balaban J connectivity index is 1.60. The second-order valence-electron chi connectivity index (χ2n) is 7.20. The van der Waals surface area contributed by atoms with E-state index in [1.54, 1.807) is 42.2 Å². The monoisotopic (exact) mass is 445 g/mol. The van der Waals surface area contributed by atoms with Gasteiger partial charge in [0.05, 0.1) is 4.90 Å². The van der Waals surface area contributed by atoms with Crippen LogP contribution >= 0.6 is 0 Å². The summed E-state index contributed by atoms with van der Waals surface area (Å²) in [4.78, 5) is 25.1. The van der Waals surface area contributed by atoms with E-state index in [-0.39, 0.29) is 29.4 Å². The molecule has 31 heavy (non-hydrogen) atoms. The van der Waals surface area contributed by atoms with Crippen molar-refractivity contribution in [2.45, 2.75) is 31.2 Å². The summed E-state index contributed by atoms with van der Waals surface area (Å²) in [7, 11) is -3.85. The first-order valence-corrected chi connectivity index (χ1v) is 11.0. The molecule has 2 amide bonds. The standard InChI is InChI=1S/C21H23N3O6S/c1-14-2-8-18(12-19(14)25)31(29,30)23-17-6-3-15(4-7-17)13-24-11-10-16(21(24)27)5-9-20(26)22-28/h2-4,6-8,10,12,23,25,28H,5,9,11,13H2,1H3,(H,22,26). The Bertz CT molecular complexity index is 1130. The van der Waals surface area contributed by atoms with Gasteiger partial charge in [-0.2, -0.15) is 0 Å². The number of aromatic hydroxyl groups is 1. The number of phenolic OH excluding ortho intramolecular Hbond substituents is 1. The lowest BCUT2D eigenvalue weighted by Gasteiger charge is -2.17. The highest BCUT2D eigenvalue weighted by Crippen LogP contribution is 2.24. The van der Waals surface area contributed by atoms with Crippen LogP contribution in [0.3, 0.4) is 0 Å². The maximum Gasteiger partial charge on any atom is 0.262 e. The van der Waals surface area contributed by atoms with E-state index < -0.39 is 15.9 Å². The van der Waals surface area contributed by atoms with Crippen molar-refractivity contribution in [1.29, 1.82) is 0 Å². The van der Waals surface area contributed by atoms with Gasteiger partial charge in [-0.05, 0) is 42.7 Å². The van der Waals surface area contributed by atoms with Crippen LogP contribution in [-0.4, -0.2) is 42.0 Å². The number of rotatable bonds is 8. The third kappa shape index (κ3) is 5.41. The molecule has 0 atom stereocenters. The van der Waals surface area contributed by atoms with Gasteiger partial charge in [-0.3, -0.25) is 19.5 Å². The van der Waals surface area contributed by atoms with Gasteiger partial charge in [0.1, 0.15) is 5.75 Å². The van der Waals surface area contributed by atoms with Gasteiger partial charge in [-0.15, -0.1) is 0 Å². The Morgan fingerprint density at radius 2 is 1.87 bits per heavy atom. The van der Waals surface area contributed by atoms with E-state index >= 15 is 0 Å². The molecule has 0 spiro atoms. The summed E-state index contributed by atoms with van der Waals surface area (Å²) in [6, 6.07) is 10.8.